The van der Waals surface area contributed by atoms with E-state index in [0.717, 1.165) is 25.3 Å². The summed E-state index contributed by atoms with van der Waals surface area (Å²) in [6.45, 7) is 4.22. The summed E-state index contributed by atoms with van der Waals surface area (Å²) in [4.78, 5) is 2.31. The fourth-order valence-corrected chi connectivity index (χ4v) is 3.38. The van der Waals surface area contributed by atoms with Gasteiger partial charge >= 0.3 is 0 Å². The molecule has 3 rings (SSSR count). The van der Waals surface area contributed by atoms with Crippen LogP contribution in [0.4, 0.5) is 5.82 Å². The standard InChI is InChI=1S/C17H20N4/c1-17(15-7-4-3-5-8-15)9-6-10-21(13-17)16-14(11-18)12-19-20(16)2/h3-5,7-8,12H,6,9-10,13H2,1-2H3. The predicted molar refractivity (Wildman–Crippen MR) is 83.2 cm³/mol. The highest BCUT2D eigenvalue weighted by Gasteiger charge is 2.34. The average Bonchev–Trinajstić information content (AvgIpc) is 2.89. The maximum atomic E-state index is 9.28. The molecule has 0 aliphatic carbocycles. The number of hydrogen-bond acceptors (Lipinski definition) is 3. The zero-order chi connectivity index (χ0) is 14.9. The Balaban J connectivity index is 1.93. The van der Waals surface area contributed by atoms with Crippen LogP contribution in [0.5, 0.6) is 0 Å². The highest BCUT2D eigenvalue weighted by molar-refractivity contribution is 5.54. The van der Waals surface area contributed by atoms with Crippen molar-refractivity contribution >= 4 is 5.82 Å². The highest BCUT2D eigenvalue weighted by Crippen LogP contribution is 2.36. The molecule has 21 heavy (non-hydrogen) atoms. The molecule has 1 aromatic heterocycles. The van der Waals surface area contributed by atoms with Crippen LogP contribution >= 0.6 is 0 Å². The quantitative estimate of drug-likeness (QED) is 0.849. The second-order valence-electron chi connectivity index (χ2n) is 6.07. The van der Waals surface area contributed by atoms with Gasteiger partial charge in [-0.3, -0.25) is 4.68 Å². The molecule has 0 amide bonds. The summed E-state index contributed by atoms with van der Waals surface area (Å²) in [5.74, 6) is 0.944. The first-order valence-electron chi connectivity index (χ1n) is 7.37. The van der Waals surface area contributed by atoms with E-state index in [0.29, 0.717) is 5.56 Å². The van der Waals surface area contributed by atoms with E-state index in [1.807, 2.05) is 11.7 Å². The fraction of sp³-hybridized carbons (Fsp3) is 0.412. The van der Waals surface area contributed by atoms with E-state index < -0.39 is 0 Å². The Morgan fingerprint density at radius 2 is 2.05 bits per heavy atom. The number of benzene rings is 1. The van der Waals surface area contributed by atoms with Crippen LogP contribution in [0.2, 0.25) is 0 Å². The molecule has 1 atom stereocenters. The summed E-state index contributed by atoms with van der Waals surface area (Å²) in [6, 6.07) is 12.9. The molecule has 1 aliphatic rings. The normalized spacial score (nSPS) is 22.0. The summed E-state index contributed by atoms with van der Waals surface area (Å²) in [5.41, 5.74) is 2.15. The van der Waals surface area contributed by atoms with Gasteiger partial charge in [0.1, 0.15) is 17.5 Å². The van der Waals surface area contributed by atoms with E-state index in [-0.39, 0.29) is 5.41 Å². The topological polar surface area (TPSA) is 44.9 Å². The van der Waals surface area contributed by atoms with Crippen molar-refractivity contribution in [2.24, 2.45) is 7.05 Å². The van der Waals surface area contributed by atoms with Crippen LogP contribution in [0.1, 0.15) is 30.9 Å². The summed E-state index contributed by atoms with van der Waals surface area (Å²) in [6.07, 6.45) is 3.96. The Kier molecular flexibility index (Phi) is 3.42. The first kappa shape index (κ1) is 13.7. The number of piperidine rings is 1. The first-order valence-corrected chi connectivity index (χ1v) is 7.37. The zero-order valence-corrected chi connectivity index (χ0v) is 12.6. The molecule has 0 spiro atoms. The van der Waals surface area contributed by atoms with Crippen molar-refractivity contribution in [2.45, 2.75) is 25.2 Å². The third kappa shape index (κ3) is 2.40. The summed E-state index contributed by atoms with van der Waals surface area (Å²) >= 11 is 0. The SMILES string of the molecule is Cn1ncc(C#N)c1N1CCCC(C)(c2ccccc2)C1. The largest absolute Gasteiger partial charge is 0.355 e. The summed E-state index contributed by atoms with van der Waals surface area (Å²) in [5, 5.41) is 13.5. The molecular weight excluding hydrogens is 260 g/mol. The lowest BCUT2D eigenvalue weighted by molar-refractivity contribution is 0.369. The van der Waals surface area contributed by atoms with Crippen LogP contribution in [-0.4, -0.2) is 22.9 Å². The molecule has 0 N–H and O–H groups in total. The number of nitrogens with zero attached hydrogens (tertiary/aromatic N) is 4. The van der Waals surface area contributed by atoms with E-state index >= 15 is 0 Å². The number of rotatable bonds is 2. The fourth-order valence-electron chi connectivity index (χ4n) is 3.38. The number of aromatic nitrogens is 2. The van der Waals surface area contributed by atoms with E-state index in [1.54, 1.807) is 6.20 Å². The Labute approximate surface area is 125 Å². The molecule has 4 nitrogen and oxygen atoms in total. The molecule has 108 valence electrons. The van der Waals surface area contributed by atoms with E-state index in [4.69, 9.17) is 0 Å². The number of anilines is 1. The second-order valence-corrected chi connectivity index (χ2v) is 6.07. The van der Waals surface area contributed by atoms with Gasteiger partial charge in [-0.15, -0.1) is 0 Å². The lowest BCUT2D eigenvalue weighted by Gasteiger charge is -2.42. The molecule has 4 heteroatoms. The van der Waals surface area contributed by atoms with Crippen molar-refractivity contribution in [3.8, 4) is 6.07 Å². The van der Waals surface area contributed by atoms with Crippen LogP contribution in [0, 0.1) is 11.3 Å². The highest BCUT2D eigenvalue weighted by atomic mass is 15.4. The van der Waals surface area contributed by atoms with Gasteiger partial charge in [-0.25, -0.2) is 0 Å². The minimum Gasteiger partial charge on any atom is -0.355 e. The van der Waals surface area contributed by atoms with Crippen molar-refractivity contribution in [2.75, 3.05) is 18.0 Å². The Morgan fingerprint density at radius 3 is 2.76 bits per heavy atom. The summed E-state index contributed by atoms with van der Waals surface area (Å²) in [7, 11) is 1.91. The lowest BCUT2D eigenvalue weighted by atomic mass is 9.76. The van der Waals surface area contributed by atoms with Crippen molar-refractivity contribution < 1.29 is 0 Å². The summed E-state index contributed by atoms with van der Waals surface area (Å²) < 4.78 is 1.81. The van der Waals surface area contributed by atoms with E-state index in [1.165, 1.54) is 12.0 Å². The van der Waals surface area contributed by atoms with Gasteiger partial charge in [0.25, 0.3) is 0 Å². The van der Waals surface area contributed by atoms with Gasteiger partial charge in [0.15, 0.2) is 0 Å². The lowest BCUT2D eigenvalue weighted by Crippen LogP contribution is -2.45. The van der Waals surface area contributed by atoms with Gasteiger partial charge < -0.3 is 4.90 Å². The van der Waals surface area contributed by atoms with Crippen LogP contribution in [-0.2, 0) is 12.5 Å². The molecule has 1 saturated heterocycles. The van der Waals surface area contributed by atoms with Crippen LogP contribution in [0.15, 0.2) is 36.5 Å². The average molecular weight is 280 g/mol. The number of nitriles is 1. The maximum absolute atomic E-state index is 9.28. The molecule has 0 saturated carbocycles. The third-order valence-corrected chi connectivity index (χ3v) is 4.49. The maximum Gasteiger partial charge on any atom is 0.144 e. The zero-order valence-electron chi connectivity index (χ0n) is 12.6. The second kappa shape index (κ2) is 5.25. The molecule has 2 aromatic rings. The Hall–Kier alpha value is -2.28. The minimum absolute atomic E-state index is 0.122. The van der Waals surface area contributed by atoms with Crippen LogP contribution in [0.3, 0.4) is 0 Å². The molecule has 0 radical (unpaired) electrons. The van der Waals surface area contributed by atoms with Crippen molar-refractivity contribution in [1.82, 2.24) is 9.78 Å². The van der Waals surface area contributed by atoms with Crippen molar-refractivity contribution in [3.63, 3.8) is 0 Å². The van der Waals surface area contributed by atoms with Gasteiger partial charge in [0.05, 0.1) is 6.20 Å². The third-order valence-electron chi connectivity index (χ3n) is 4.49. The molecule has 1 aliphatic heterocycles. The van der Waals surface area contributed by atoms with Crippen molar-refractivity contribution in [1.29, 1.82) is 5.26 Å². The van der Waals surface area contributed by atoms with Gasteiger partial charge in [-0.2, -0.15) is 10.4 Å². The van der Waals surface area contributed by atoms with Crippen LogP contribution < -0.4 is 4.90 Å². The molecule has 1 aromatic carbocycles. The molecule has 0 bridgehead atoms. The molecular formula is C17H20N4. The molecule has 2 heterocycles. The van der Waals surface area contributed by atoms with Gasteiger partial charge in [-0.1, -0.05) is 37.3 Å². The van der Waals surface area contributed by atoms with Crippen molar-refractivity contribution in [3.05, 3.63) is 47.7 Å². The first-order chi connectivity index (χ1) is 10.1. The minimum atomic E-state index is 0.122. The molecule has 1 unspecified atom stereocenters. The van der Waals surface area contributed by atoms with Gasteiger partial charge in [-0.05, 0) is 18.4 Å². The molecule has 1 fully saturated rings. The number of aryl methyl sites for hydroxylation is 1. The Morgan fingerprint density at radius 1 is 1.29 bits per heavy atom. The Bertz CT molecular complexity index is 668. The van der Waals surface area contributed by atoms with E-state index in [9.17, 15) is 5.26 Å². The smallest absolute Gasteiger partial charge is 0.144 e. The van der Waals surface area contributed by atoms with Crippen LogP contribution in [0.25, 0.3) is 0 Å². The monoisotopic (exact) mass is 280 g/mol. The number of hydrogen-bond donors (Lipinski definition) is 0. The van der Waals surface area contributed by atoms with E-state index in [2.05, 4.69) is 53.3 Å². The van der Waals surface area contributed by atoms with Gasteiger partial charge in [0.2, 0.25) is 0 Å². The predicted octanol–water partition coefficient (Wildman–Crippen LogP) is 2.85. The van der Waals surface area contributed by atoms with Gasteiger partial charge in [0, 0.05) is 25.6 Å².